The summed E-state index contributed by atoms with van der Waals surface area (Å²) in [4.78, 5) is 22.8. The summed E-state index contributed by atoms with van der Waals surface area (Å²) in [5.74, 6) is -0.0741. The highest BCUT2D eigenvalue weighted by atomic mass is 16.5. The molecule has 1 unspecified atom stereocenters. The monoisotopic (exact) mass is 343 g/mol. The summed E-state index contributed by atoms with van der Waals surface area (Å²) in [7, 11) is 0. The number of primary amides is 1. The zero-order valence-electron chi connectivity index (χ0n) is 13.9. The molecule has 0 saturated carbocycles. The van der Waals surface area contributed by atoms with Gasteiger partial charge in [-0.25, -0.2) is 9.86 Å². The van der Waals surface area contributed by atoms with Gasteiger partial charge in [0.2, 0.25) is 0 Å². The lowest BCUT2D eigenvalue weighted by atomic mass is 10.1. The fourth-order valence-electron chi connectivity index (χ4n) is 2.23. The van der Waals surface area contributed by atoms with Gasteiger partial charge < -0.3 is 15.8 Å². The van der Waals surface area contributed by atoms with Crippen molar-refractivity contribution in [2.75, 3.05) is 13.1 Å². The Kier molecular flexibility index (Phi) is 6.36. The van der Waals surface area contributed by atoms with Crippen LogP contribution in [0.2, 0.25) is 0 Å². The summed E-state index contributed by atoms with van der Waals surface area (Å²) in [6, 6.07) is 15.5. The standard InChI is InChI=1S/C18H21N3O4/c1-13(14-6-3-2-4-7-14)25-16-9-5-8-15(12-16)17(22)21(24)11-10-20-18(19)23/h2-9,12-13,24H,10-11H2,1H3,(H3,19,20,23). The lowest BCUT2D eigenvalue weighted by Gasteiger charge is -2.17. The Bertz CT molecular complexity index is 721. The summed E-state index contributed by atoms with van der Waals surface area (Å²) in [6.07, 6.45) is -0.184. The number of nitrogens with two attached hydrogens (primary N) is 1. The minimum absolute atomic E-state index is 0.0544. The van der Waals surface area contributed by atoms with Crippen LogP contribution in [-0.4, -0.2) is 35.3 Å². The Morgan fingerprint density at radius 1 is 1.20 bits per heavy atom. The number of hydrogen-bond donors (Lipinski definition) is 3. The molecular formula is C18H21N3O4. The second-order valence-corrected chi connectivity index (χ2v) is 5.42. The average molecular weight is 343 g/mol. The molecule has 0 aliphatic heterocycles. The van der Waals surface area contributed by atoms with Gasteiger partial charge in [0, 0.05) is 12.1 Å². The molecule has 4 N–H and O–H groups in total. The molecule has 3 amide bonds. The Labute approximate surface area is 146 Å². The number of benzene rings is 2. The van der Waals surface area contributed by atoms with Gasteiger partial charge in [-0.05, 0) is 30.7 Å². The molecule has 0 aliphatic carbocycles. The third-order valence-electron chi connectivity index (χ3n) is 3.52. The number of rotatable bonds is 7. The van der Waals surface area contributed by atoms with Gasteiger partial charge in [-0.2, -0.15) is 0 Å². The summed E-state index contributed by atoms with van der Waals surface area (Å²) in [5.41, 5.74) is 6.22. The van der Waals surface area contributed by atoms with Crippen molar-refractivity contribution >= 4 is 11.9 Å². The van der Waals surface area contributed by atoms with Crippen molar-refractivity contribution in [3.8, 4) is 5.75 Å². The SMILES string of the molecule is CC(Oc1cccc(C(=O)N(O)CCNC(N)=O)c1)c1ccccc1. The van der Waals surface area contributed by atoms with Crippen LogP contribution in [0.4, 0.5) is 4.79 Å². The number of hydrogen-bond acceptors (Lipinski definition) is 4. The van der Waals surface area contributed by atoms with Crippen LogP contribution in [0.1, 0.15) is 28.9 Å². The summed E-state index contributed by atoms with van der Waals surface area (Å²) in [5, 5.41) is 12.6. The lowest BCUT2D eigenvalue weighted by molar-refractivity contribution is -0.0565. The molecule has 2 aromatic rings. The fourth-order valence-corrected chi connectivity index (χ4v) is 2.23. The second kappa shape index (κ2) is 8.70. The minimum atomic E-state index is -0.717. The quantitative estimate of drug-likeness (QED) is 0.530. The largest absolute Gasteiger partial charge is 0.486 e. The molecule has 0 aromatic heterocycles. The van der Waals surface area contributed by atoms with Crippen LogP contribution in [0.25, 0.3) is 0 Å². The maximum Gasteiger partial charge on any atom is 0.312 e. The number of urea groups is 1. The van der Waals surface area contributed by atoms with Crippen molar-refractivity contribution in [1.82, 2.24) is 10.4 Å². The van der Waals surface area contributed by atoms with E-state index in [1.807, 2.05) is 37.3 Å². The van der Waals surface area contributed by atoms with Crippen LogP contribution in [0.5, 0.6) is 5.75 Å². The molecule has 0 fully saturated rings. The van der Waals surface area contributed by atoms with E-state index in [4.69, 9.17) is 10.5 Å². The van der Waals surface area contributed by atoms with E-state index in [1.54, 1.807) is 24.3 Å². The van der Waals surface area contributed by atoms with Crippen molar-refractivity contribution in [2.45, 2.75) is 13.0 Å². The minimum Gasteiger partial charge on any atom is -0.486 e. The van der Waals surface area contributed by atoms with E-state index in [-0.39, 0.29) is 24.8 Å². The number of nitrogens with one attached hydrogen (secondary N) is 1. The molecule has 0 aliphatic rings. The van der Waals surface area contributed by atoms with Crippen LogP contribution in [-0.2, 0) is 0 Å². The lowest BCUT2D eigenvalue weighted by Crippen LogP contribution is -2.38. The second-order valence-electron chi connectivity index (χ2n) is 5.42. The molecule has 132 valence electrons. The van der Waals surface area contributed by atoms with Gasteiger partial charge in [0.25, 0.3) is 5.91 Å². The van der Waals surface area contributed by atoms with Gasteiger partial charge in [-0.15, -0.1) is 0 Å². The van der Waals surface area contributed by atoms with E-state index in [2.05, 4.69) is 5.32 Å². The molecule has 25 heavy (non-hydrogen) atoms. The van der Waals surface area contributed by atoms with Gasteiger partial charge in [0.1, 0.15) is 11.9 Å². The number of hydroxylamine groups is 2. The van der Waals surface area contributed by atoms with E-state index in [0.717, 1.165) is 5.56 Å². The molecule has 7 nitrogen and oxygen atoms in total. The Balaban J connectivity index is 2.00. The molecule has 2 aromatic carbocycles. The first-order valence-corrected chi connectivity index (χ1v) is 7.83. The van der Waals surface area contributed by atoms with Crippen LogP contribution >= 0.6 is 0 Å². The van der Waals surface area contributed by atoms with Crippen LogP contribution in [0, 0.1) is 0 Å². The Hall–Kier alpha value is -3.06. The first-order valence-electron chi connectivity index (χ1n) is 7.83. The van der Waals surface area contributed by atoms with Crippen molar-refractivity contribution in [3.05, 3.63) is 65.7 Å². The van der Waals surface area contributed by atoms with Gasteiger partial charge in [-0.3, -0.25) is 10.0 Å². The van der Waals surface area contributed by atoms with E-state index in [1.165, 1.54) is 0 Å². The summed E-state index contributed by atoms with van der Waals surface area (Å²) < 4.78 is 5.86. The van der Waals surface area contributed by atoms with Gasteiger partial charge in [-0.1, -0.05) is 36.4 Å². The number of carbonyl (C=O) groups excluding carboxylic acids is 2. The predicted molar refractivity (Wildman–Crippen MR) is 92.3 cm³/mol. The zero-order chi connectivity index (χ0) is 18.2. The first-order chi connectivity index (χ1) is 12.0. The topological polar surface area (TPSA) is 105 Å². The normalized spacial score (nSPS) is 11.4. The highest BCUT2D eigenvalue weighted by Gasteiger charge is 2.15. The highest BCUT2D eigenvalue weighted by Crippen LogP contribution is 2.22. The third-order valence-corrected chi connectivity index (χ3v) is 3.52. The molecule has 0 radical (unpaired) electrons. The number of carbonyl (C=O) groups is 2. The van der Waals surface area contributed by atoms with Gasteiger partial charge >= 0.3 is 6.03 Å². The number of amides is 3. The fraction of sp³-hybridized carbons (Fsp3) is 0.222. The van der Waals surface area contributed by atoms with Crippen LogP contribution in [0.3, 0.4) is 0 Å². The van der Waals surface area contributed by atoms with Crippen molar-refractivity contribution in [2.24, 2.45) is 5.73 Å². The zero-order valence-corrected chi connectivity index (χ0v) is 13.9. The van der Waals surface area contributed by atoms with Gasteiger partial charge in [0.05, 0.1) is 6.54 Å². The van der Waals surface area contributed by atoms with E-state index < -0.39 is 11.9 Å². The molecule has 2 rings (SSSR count). The number of nitrogens with zero attached hydrogens (tertiary/aromatic N) is 1. The maximum absolute atomic E-state index is 12.2. The van der Waals surface area contributed by atoms with E-state index in [9.17, 15) is 14.8 Å². The molecule has 0 saturated heterocycles. The summed E-state index contributed by atoms with van der Waals surface area (Å²) >= 11 is 0. The van der Waals surface area contributed by atoms with Crippen molar-refractivity contribution in [1.29, 1.82) is 0 Å². The molecule has 7 heteroatoms. The Morgan fingerprint density at radius 2 is 1.92 bits per heavy atom. The van der Waals surface area contributed by atoms with Crippen molar-refractivity contribution < 1.29 is 19.5 Å². The first kappa shape index (κ1) is 18.3. The summed E-state index contributed by atoms with van der Waals surface area (Å²) in [6.45, 7) is 1.89. The predicted octanol–water partition coefficient (Wildman–Crippen LogP) is 2.33. The van der Waals surface area contributed by atoms with E-state index in [0.29, 0.717) is 10.8 Å². The highest BCUT2D eigenvalue weighted by molar-refractivity contribution is 5.93. The van der Waals surface area contributed by atoms with Crippen LogP contribution in [0.15, 0.2) is 54.6 Å². The molecule has 0 bridgehead atoms. The third kappa shape index (κ3) is 5.50. The average Bonchev–Trinajstić information content (AvgIpc) is 2.61. The molecule has 0 heterocycles. The van der Waals surface area contributed by atoms with Crippen LogP contribution < -0.4 is 15.8 Å². The molecule has 1 atom stereocenters. The van der Waals surface area contributed by atoms with Crippen molar-refractivity contribution in [3.63, 3.8) is 0 Å². The number of ether oxygens (including phenoxy) is 1. The Morgan fingerprint density at radius 3 is 2.60 bits per heavy atom. The van der Waals surface area contributed by atoms with Gasteiger partial charge in [0.15, 0.2) is 0 Å². The van der Waals surface area contributed by atoms with E-state index >= 15 is 0 Å². The molecule has 0 spiro atoms. The smallest absolute Gasteiger partial charge is 0.312 e. The molecular weight excluding hydrogens is 322 g/mol. The maximum atomic E-state index is 12.2.